The zero-order valence-corrected chi connectivity index (χ0v) is 20.6. The first-order valence-electron chi connectivity index (χ1n) is 12.6. The number of rotatable bonds is 6. The average molecular weight is 516 g/mol. The highest BCUT2D eigenvalue weighted by Gasteiger charge is 2.53. The molecule has 10 heteroatoms. The summed E-state index contributed by atoms with van der Waals surface area (Å²) in [5, 5.41) is 52.5. The summed E-state index contributed by atoms with van der Waals surface area (Å²) in [6.07, 6.45) is -3.77. The SMILES string of the molecule is COc1c(O)c(CN2CCC(Cc3ccccc3)CC2)c2c(c1O)C1OC(CO)C(O)C(O)C1OC2=O. The van der Waals surface area contributed by atoms with Crippen LogP contribution in [-0.2, 0) is 22.4 Å². The molecule has 5 atom stereocenters. The minimum absolute atomic E-state index is 0.00858. The molecule has 0 aliphatic carbocycles. The molecule has 3 aliphatic rings. The van der Waals surface area contributed by atoms with E-state index in [-0.39, 0.29) is 34.7 Å². The van der Waals surface area contributed by atoms with Crippen LogP contribution < -0.4 is 4.74 Å². The standard InChI is InChI=1S/C27H33NO9/c1-35-25-20(30)16(12-28-9-7-15(8-10-28)11-14-5-3-2-4-6-14)18-19(22(25)32)24-26(37-27(18)34)23(33)21(31)17(13-29)36-24/h2-6,15,17,21,23-24,26,29-33H,7-13H2,1H3. The number of hydrogen-bond donors (Lipinski definition) is 5. The van der Waals surface area contributed by atoms with Gasteiger partial charge in [-0.05, 0) is 43.8 Å². The molecule has 0 spiro atoms. The summed E-state index contributed by atoms with van der Waals surface area (Å²) in [4.78, 5) is 15.3. The van der Waals surface area contributed by atoms with Crippen LogP contribution in [0, 0.1) is 5.92 Å². The Bertz CT molecular complexity index is 1130. The number of benzene rings is 2. The van der Waals surface area contributed by atoms with Crippen molar-refractivity contribution in [3.63, 3.8) is 0 Å². The first-order valence-corrected chi connectivity index (χ1v) is 12.6. The van der Waals surface area contributed by atoms with Crippen LogP contribution in [0.15, 0.2) is 30.3 Å². The van der Waals surface area contributed by atoms with E-state index in [4.69, 9.17) is 14.2 Å². The molecule has 5 unspecified atom stereocenters. The van der Waals surface area contributed by atoms with Crippen molar-refractivity contribution in [1.29, 1.82) is 0 Å². The molecule has 0 saturated carbocycles. The summed E-state index contributed by atoms with van der Waals surface area (Å²) in [5.41, 5.74) is 1.49. The molecule has 200 valence electrons. The van der Waals surface area contributed by atoms with Crippen molar-refractivity contribution in [2.75, 3.05) is 26.8 Å². The number of aliphatic hydroxyl groups excluding tert-OH is 3. The number of likely N-dealkylation sites (tertiary alicyclic amines) is 1. The molecule has 10 nitrogen and oxygen atoms in total. The van der Waals surface area contributed by atoms with Crippen molar-refractivity contribution >= 4 is 5.97 Å². The fourth-order valence-electron chi connectivity index (χ4n) is 5.79. The molecule has 0 radical (unpaired) electrons. The number of aromatic hydroxyl groups is 2. The number of ether oxygens (including phenoxy) is 3. The third kappa shape index (κ3) is 4.64. The molecular formula is C27H33NO9. The zero-order chi connectivity index (χ0) is 26.3. The van der Waals surface area contributed by atoms with Crippen LogP contribution in [0.25, 0.3) is 0 Å². The fraction of sp³-hybridized carbons (Fsp3) is 0.519. The van der Waals surface area contributed by atoms with Crippen molar-refractivity contribution < 1.29 is 44.5 Å². The second kappa shape index (κ2) is 10.5. The first kappa shape index (κ1) is 25.7. The number of carbonyl (C=O) groups excluding carboxylic acids is 1. The molecule has 3 aliphatic heterocycles. The zero-order valence-electron chi connectivity index (χ0n) is 20.6. The second-order valence-corrected chi connectivity index (χ2v) is 10.0. The Morgan fingerprint density at radius 1 is 1.05 bits per heavy atom. The van der Waals surface area contributed by atoms with Gasteiger partial charge < -0.3 is 39.7 Å². The molecule has 0 aromatic heterocycles. The lowest BCUT2D eigenvalue weighted by Crippen LogP contribution is -2.58. The third-order valence-corrected chi connectivity index (χ3v) is 7.80. The van der Waals surface area contributed by atoms with Gasteiger partial charge in [-0.2, -0.15) is 0 Å². The van der Waals surface area contributed by atoms with E-state index in [1.165, 1.54) is 12.7 Å². The molecule has 2 aromatic rings. The van der Waals surface area contributed by atoms with Gasteiger partial charge in [0, 0.05) is 17.7 Å². The predicted molar refractivity (Wildman–Crippen MR) is 130 cm³/mol. The highest BCUT2D eigenvalue weighted by atomic mass is 16.6. The van der Waals surface area contributed by atoms with E-state index in [2.05, 4.69) is 17.0 Å². The molecule has 3 heterocycles. The van der Waals surface area contributed by atoms with Crippen molar-refractivity contribution in [2.24, 2.45) is 5.92 Å². The van der Waals surface area contributed by atoms with E-state index in [0.717, 1.165) is 32.4 Å². The molecule has 5 rings (SSSR count). The van der Waals surface area contributed by atoms with Crippen molar-refractivity contribution in [3.8, 4) is 17.2 Å². The Hall–Kier alpha value is -2.89. The molecule has 2 saturated heterocycles. The number of nitrogens with zero attached hydrogens (tertiary/aromatic N) is 1. The van der Waals surface area contributed by atoms with Crippen molar-refractivity contribution in [2.45, 2.75) is 56.3 Å². The average Bonchev–Trinajstić information content (AvgIpc) is 2.90. The lowest BCUT2D eigenvalue weighted by molar-refractivity contribution is -0.235. The molecule has 0 amide bonds. The van der Waals surface area contributed by atoms with Gasteiger partial charge in [0.25, 0.3) is 0 Å². The minimum atomic E-state index is -1.54. The summed E-state index contributed by atoms with van der Waals surface area (Å²) >= 11 is 0. The summed E-state index contributed by atoms with van der Waals surface area (Å²) in [7, 11) is 1.29. The third-order valence-electron chi connectivity index (χ3n) is 7.80. The van der Waals surface area contributed by atoms with Gasteiger partial charge in [0.05, 0.1) is 19.3 Å². The maximum absolute atomic E-state index is 13.2. The monoisotopic (exact) mass is 515 g/mol. The number of phenolic OH excluding ortho intramolecular Hbond substituents is 2. The quantitative estimate of drug-likeness (QED) is 0.356. The number of piperidine rings is 1. The molecule has 37 heavy (non-hydrogen) atoms. The molecule has 2 aromatic carbocycles. The maximum Gasteiger partial charge on any atom is 0.339 e. The molecule has 2 fully saturated rings. The molecule has 5 N–H and O–H groups in total. The van der Waals surface area contributed by atoms with Crippen LogP contribution in [0.5, 0.6) is 17.2 Å². The lowest BCUT2D eigenvalue weighted by Gasteiger charge is -2.45. The van der Waals surface area contributed by atoms with E-state index < -0.39 is 48.8 Å². The minimum Gasteiger partial charge on any atom is -0.504 e. The lowest BCUT2D eigenvalue weighted by atomic mass is 9.83. The van der Waals surface area contributed by atoms with Crippen LogP contribution >= 0.6 is 0 Å². The van der Waals surface area contributed by atoms with Gasteiger partial charge >= 0.3 is 5.97 Å². The number of phenols is 2. The van der Waals surface area contributed by atoms with Gasteiger partial charge in [0.2, 0.25) is 5.75 Å². The van der Waals surface area contributed by atoms with Gasteiger partial charge in [0.15, 0.2) is 17.6 Å². The number of carbonyl (C=O) groups is 1. The Kier molecular flexibility index (Phi) is 7.28. The predicted octanol–water partition coefficient (Wildman–Crippen LogP) is 1.25. The largest absolute Gasteiger partial charge is 0.504 e. The molecule has 0 bridgehead atoms. The summed E-state index contributed by atoms with van der Waals surface area (Å²) in [5.74, 6) is -1.41. The van der Waals surface area contributed by atoms with E-state index in [9.17, 15) is 30.3 Å². The normalized spacial score (nSPS) is 28.3. The van der Waals surface area contributed by atoms with Gasteiger partial charge in [-0.25, -0.2) is 4.79 Å². The number of aliphatic hydroxyl groups is 3. The highest BCUT2D eigenvalue weighted by Crippen LogP contribution is 2.52. The number of fused-ring (bicyclic) bond motifs is 3. The summed E-state index contributed by atoms with van der Waals surface area (Å²) < 4.78 is 16.5. The number of methoxy groups -OCH3 is 1. The van der Waals surface area contributed by atoms with Gasteiger partial charge in [-0.15, -0.1) is 0 Å². The Balaban J connectivity index is 1.43. The number of esters is 1. The van der Waals surface area contributed by atoms with E-state index in [1.54, 1.807) is 0 Å². The van der Waals surface area contributed by atoms with Gasteiger partial charge in [-0.3, -0.25) is 4.90 Å². The van der Waals surface area contributed by atoms with Crippen LogP contribution in [0.4, 0.5) is 0 Å². The van der Waals surface area contributed by atoms with Crippen LogP contribution in [0.3, 0.4) is 0 Å². The Labute approximate surface area is 214 Å². The van der Waals surface area contributed by atoms with Gasteiger partial charge in [-0.1, -0.05) is 30.3 Å². The summed E-state index contributed by atoms with van der Waals surface area (Å²) in [6.45, 7) is 1.13. The van der Waals surface area contributed by atoms with Crippen LogP contribution in [0.2, 0.25) is 0 Å². The van der Waals surface area contributed by atoms with Gasteiger partial charge in [0.1, 0.15) is 24.4 Å². The van der Waals surface area contributed by atoms with Crippen molar-refractivity contribution in [1.82, 2.24) is 4.90 Å². The Morgan fingerprint density at radius 2 is 1.76 bits per heavy atom. The topological polar surface area (TPSA) is 149 Å². The Morgan fingerprint density at radius 3 is 2.41 bits per heavy atom. The van der Waals surface area contributed by atoms with Crippen LogP contribution in [0.1, 0.15) is 46.0 Å². The maximum atomic E-state index is 13.2. The van der Waals surface area contributed by atoms with Crippen molar-refractivity contribution in [3.05, 3.63) is 52.6 Å². The highest BCUT2D eigenvalue weighted by molar-refractivity contribution is 5.97. The van der Waals surface area contributed by atoms with E-state index in [0.29, 0.717) is 5.92 Å². The van der Waals surface area contributed by atoms with E-state index >= 15 is 0 Å². The smallest absolute Gasteiger partial charge is 0.339 e. The molecular weight excluding hydrogens is 482 g/mol. The van der Waals surface area contributed by atoms with E-state index in [1.807, 2.05) is 18.2 Å². The summed E-state index contributed by atoms with van der Waals surface area (Å²) in [6, 6.07) is 10.3. The first-order chi connectivity index (χ1) is 17.8. The number of hydrogen-bond acceptors (Lipinski definition) is 10. The fourth-order valence-corrected chi connectivity index (χ4v) is 5.79. The second-order valence-electron chi connectivity index (χ2n) is 10.0. The van der Waals surface area contributed by atoms with Crippen LogP contribution in [-0.4, -0.2) is 87.6 Å².